The van der Waals surface area contributed by atoms with E-state index in [0.29, 0.717) is 46.2 Å². The molecule has 0 bridgehead atoms. The molecule has 23 heavy (non-hydrogen) atoms. The molecule has 0 saturated carbocycles. The van der Waals surface area contributed by atoms with Crippen molar-refractivity contribution in [2.45, 2.75) is 46.8 Å². The van der Waals surface area contributed by atoms with Gasteiger partial charge in [-0.15, -0.1) is 0 Å². The van der Waals surface area contributed by atoms with Crippen LogP contribution < -0.4 is 0 Å². The first-order chi connectivity index (χ1) is 10.8. The predicted octanol–water partition coefficient (Wildman–Crippen LogP) is 1.88. The average molecular weight is 336 g/mol. The van der Waals surface area contributed by atoms with E-state index in [1.807, 2.05) is 13.8 Å². The average Bonchev–Trinajstić information content (AvgIpc) is 2.45. The van der Waals surface area contributed by atoms with E-state index in [9.17, 15) is 5.11 Å². The van der Waals surface area contributed by atoms with Crippen molar-refractivity contribution in [1.82, 2.24) is 0 Å². The van der Waals surface area contributed by atoms with Gasteiger partial charge in [0.25, 0.3) is 0 Å². The Labute approximate surface area is 141 Å². The number of aliphatic hydroxyl groups excluding tert-OH is 1. The van der Waals surface area contributed by atoms with Crippen molar-refractivity contribution < 1.29 is 28.8 Å². The van der Waals surface area contributed by atoms with Gasteiger partial charge in [-0.1, -0.05) is 20.8 Å². The standard InChI is InChI=1S/C17H36O6/c1-15(2)23-13-16(18)12-21-10-8-19-6-7-20-9-11-22-14-17(3,4)5/h15-16,18H,6-14H2,1-5H3. The highest BCUT2D eigenvalue weighted by molar-refractivity contribution is 4.58. The van der Waals surface area contributed by atoms with Gasteiger partial charge >= 0.3 is 0 Å². The maximum Gasteiger partial charge on any atom is 0.101 e. The third kappa shape index (κ3) is 19.7. The topological polar surface area (TPSA) is 66.4 Å². The van der Waals surface area contributed by atoms with Gasteiger partial charge in [0.05, 0.1) is 65.6 Å². The van der Waals surface area contributed by atoms with E-state index < -0.39 is 6.10 Å². The number of hydrogen-bond acceptors (Lipinski definition) is 6. The molecule has 6 heteroatoms. The van der Waals surface area contributed by atoms with Crippen LogP contribution in [0, 0.1) is 5.41 Å². The fourth-order valence-electron chi connectivity index (χ4n) is 1.51. The summed E-state index contributed by atoms with van der Waals surface area (Å²) in [6, 6.07) is 0. The molecule has 0 aliphatic heterocycles. The van der Waals surface area contributed by atoms with Crippen molar-refractivity contribution in [2.75, 3.05) is 59.5 Å². The van der Waals surface area contributed by atoms with Gasteiger partial charge in [0, 0.05) is 0 Å². The fourth-order valence-corrected chi connectivity index (χ4v) is 1.51. The van der Waals surface area contributed by atoms with Crippen molar-refractivity contribution in [3.63, 3.8) is 0 Å². The highest BCUT2D eigenvalue weighted by Crippen LogP contribution is 2.12. The molecule has 0 aliphatic rings. The molecular formula is C17H36O6. The van der Waals surface area contributed by atoms with E-state index in [1.54, 1.807) is 0 Å². The van der Waals surface area contributed by atoms with Gasteiger partial charge in [-0.3, -0.25) is 0 Å². The highest BCUT2D eigenvalue weighted by atomic mass is 16.6. The number of ether oxygens (including phenoxy) is 5. The van der Waals surface area contributed by atoms with Crippen molar-refractivity contribution in [2.24, 2.45) is 5.41 Å². The Morgan fingerprint density at radius 1 is 0.739 bits per heavy atom. The Kier molecular flexibility index (Phi) is 14.0. The lowest BCUT2D eigenvalue weighted by Gasteiger charge is -2.17. The van der Waals surface area contributed by atoms with Gasteiger partial charge in [0.15, 0.2) is 0 Å². The van der Waals surface area contributed by atoms with Gasteiger partial charge in [0.1, 0.15) is 6.10 Å². The molecule has 0 saturated heterocycles. The molecular weight excluding hydrogens is 300 g/mol. The molecule has 140 valence electrons. The maximum absolute atomic E-state index is 9.57. The van der Waals surface area contributed by atoms with Crippen LogP contribution in [0.25, 0.3) is 0 Å². The van der Waals surface area contributed by atoms with Gasteiger partial charge in [-0.2, -0.15) is 0 Å². The van der Waals surface area contributed by atoms with Crippen molar-refractivity contribution in [3.8, 4) is 0 Å². The molecule has 0 fully saturated rings. The summed E-state index contributed by atoms with van der Waals surface area (Å²) >= 11 is 0. The largest absolute Gasteiger partial charge is 0.388 e. The predicted molar refractivity (Wildman–Crippen MR) is 89.8 cm³/mol. The minimum Gasteiger partial charge on any atom is -0.388 e. The summed E-state index contributed by atoms with van der Waals surface area (Å²) in [6.45, 7) is 14.8. The molecule has 6 nitrogen and oxygen atoms in total. The first-order valence-electron chi connectivity index (χ1n) is 8.42. The monoisotopic (exact) mass is 336 g/mol. The van der Waals surface area contributed by atoms with Crippen molar-refractivity contribution in [3.05, 3.63) is 0 Å². The zero-order valence-corrected chi connectivity index (χ0v) is 15.5. The third-order valence-electron chi connectivity index (χ3n) is 2.58. The zero-order chi connectivity index (χ0) is 17.6. The van der Waals surface area contributed by atoms with E-state index in [0.717, 1.165) is 6.61 Å². The summed E-state index contributed by atoms with van der Waals surface area (Å²) in [5.41, 5.74) is 0.192. The molecule has 0 amide bonds. The first kappa shape index (κ1) is 22.8. The quantitative estimate of drug-likeness (QED) is 0.461. The van der Waals surface area contributed by atoms with Crippen molar-refractivity contribution in [1.29, 1.82) is 0 Å². The van der Waals surface area contributed by atoms with Crippen LogP contribution in [0.15, 0.2) is 0 Å². The Morgan fingerprint density at radius 2 is 1.22 bits per heavy atom. The number of aliphatic hydroxyl groups is 1. The summed E-state index contributed by atoms with van der Waals surface area (Å²) in [5, 5.41) is 9.57. The second-order valence-corrected chi connectivity index (χ2v) is 6.95. The number of hydrogen-bond donors (Lipinski definition) is 1. The molecule has 0 aromatic rings. The van der Waals surface area contributed by atoms with Crippen molar-refractivity contribution >= 4 is 0 Å². The van der Waals surface area contributed by atoms with Crippen LogP contribution in [-0.2, 0) is 23.7 Å². The summed E-state index contributed by atoms with van der Waals surface area (Å²) in [6.07, 6.45) is -0.472. The Balaban J connectivity index is 3.16. The van der Waals surface area contributed by atoms with Gasteiger partial charge in [0.2, 0.25) is 0 Å². The Bertz CT molecular complexity index is 252. The molecule has 0 rings (SSSR count). The van der Waals surface area contributed by atoms with Crippen LogP contribution >= 0.6 is 0 Å². The lowest BCUT2D eigenvalue weighted by Crippen LogP contribution is -2.24. The molecule has 0 aromatic carbocycles. The molecule has 0 radical (unpaired) electrons. The van der Waals surface area contributed by atoms with Gasteiger partial charge < -0.3 is 28.8 Å². The maximum atomic E-state index is 9.57. The van der Waals surface area contributed by atoms with E-state index in [4.69, 9.17) is 23.7 Å². The lowest BCUT2D eigenvalue weighted by atomic mass is 9.99. The van der Waals surface area contributed by atoms with Crippen LogP contribution in [0.4, 0.5) is 0 Å². The summed E-state index contributed by atoms with van der Waals surface area (Å²) < 4.78 is 26.9. The summed E-state index contributed by atoms with van der Waals surface area (Å²) in [5.74, 6) is 0. The molecule has 1 unspecified atom stereocenters. The van der Waals surface area contributed by atoms with Crippen LogP contribution in [-0.4, -0.2) is 76.8 Å². The van der Waals surface area contributed by atoms with Crippen LogP contribution in [0.3, 0.4) is 0 Å². The molecule has 0 spiro atoms. The minimum atomic E-state index is -0.589. The molecule has 1 atom stereocenters. The van der Waals surface area contributed by atoms with Gasteiger partial charge in [-0.05, 0) is 19.3 Å². The fraction of sp³-hybridized carbons (Fsp3) is 1.00. The zero-order valence-electron chi connectivity index (χ0n) is 15.5. The molecule has 0 aromatic heterocycles. The molecule has 0 heterocycles. The van der Waals surface area contributed by atoms with Crippen LogP contribution in [0.5, 0.6) is 0 Å². The van der Waals surface area contributed by atoms with Crippen LogP contribution in [0.1, 0.15) is 34.6 Å². The smallest absolute Gasteiger partial charge is 0.101 e. The molecule has 0 aliphatic carbocycles. The molecule has 1 N–H and O–H groups in total. The Morgan fingerprint density at radius 3 is 1.70 bits per heavy atom. The van der Waals surface area contributed by atoms with E-state index in [1.165, 1.54) is 0 Å². The second-order valence-electron chi connectivity index (χ2n) is 6.95. The third-order valence-corrected chi connectivity index (χ3v) is 2.58. The van der Waals surface area contributed by atoms with E-state index in [2.05, 4.69) is 20.8 Å². The van der Waals surface area contributed by atoms with Gasteiger partial charge in [-0.25, -0.2) is 0 Å². The minimum absolute atomic E-state index is 0.117. The van der Waals surface area contributed by atoms with Crippen LogP contribution in [0.2, 0.25) is 0 Å². The normalized spacial score (nSPS) is 13.7. The van der Waals surface area contributed by atoms with E-state index >= 15 is 0 Å². The Hall–Kier alpha value is -0.240. The number of rotatable bonds is 15. The highest BCUT2D eigenvalue weighted by Gasteiger charge is 2.09. The second kappa shape index (κ2) is 14.1. The summed E-state index contributed by atoms with van der Waals surface area (Å²) in [4.78, 5) is 0. The lowest BCUT2D eigenvalue weighted by molar-refractivity contribution is -0.0491. The van der Waals surface area contributed by atoms with E-state index in [-0.39, 0.29) is 18.1 Å². The SMILES string of the molecule is CC(C)OCC(O)COCCOCCOCCOCC(C)(C)C. The first-order valence-corrected chi connectivity index (χ1v) is 8.42. The summed E-state index contributed by atoms with van der Waals surface area (Å²) in [7, 11) is 0.